The molecule has 0 atom stereocenters. The van der Waals surface area contributed by atoms with Crippen molar-refractivity contribution in [2.24, 2.45) is 0 Å². The van der Waals surface area contributed by atoms with E-state index in [0.29, 0.717) is 41.4 Å². The number of nitrogens with zero attached hydrogens (tertiary/aromatic N) is 2. The summed E-state index contributed by atoms with van der Waals surface area (Å²) >= 11 is 0. The highest BCUT2D eigenvalue weighted by Gasteiger charge is 2.18. The third-order valence-corrected chi connectivity index (χ3v) is 5.64. The molecule has 0 amide bonds. The number of carbonyl (C=O) groups is 1. The molecule has 7 nitrogen and oxygen atoms in total. The normalized spacial score (nSPS) is 10.9. The molecule has 9 heteroatoms. The van der Waals surface area contributed by atoms with Crippen LogP contribution in [0.25, 0.3) is 22.1 Å². The predicted octanol–water partition coefficient (Wildman–Crippen LogP) is 5.75. The number of carbonyl (C=O) groups excluding carboxylic acids is 1. The SMILES string of the molecule is CCOC(=O)CN(CC)c1noc2ccc(COc3ccc(-c4cc(F)c(F)cc4OC)cc3)cc12. The van der Waals surface area contributed by atoms with Gasteiger partial charge in [-0.2, -0.15) is 0 Å². The van der Waals surface area contributed by atoms with Gasteiger partial charge in [-0.1, -0.05) is 23.4 Å². The second kappa shape index (κ2) is 11.1. The zero-order valence-electron chi connectivity index (χ0n) is 20.2. The Morgan fingerprint density at radius 1 is 1.03 bits per heavy atom. The van der Waals surface area contributed by atoms with Gasteiger partial charge in [0.2, 0.25) is 0 Å². The number of likely N-dealkylation sites (N-methyl/N-ethyl adjacent to an activating group) is 1. The van der Waals surface area contributed by atoms with Crippen molar-refractivity contribution >= 4 is 22.8 Å². The Morgan fingerprint density at radius 2 is 1.78 bits per heavy atom. The Labute approximate surface area is 207 Å². The van der Waals surface area contributed by atoms with Crippen LogP contribution < -0.4 is 14.4 Å². The van der Waals surface area contributed by atoms with Crippen molar-refractivity contribution in [3.05, 3.63) is 71.8 Å². The highest BCUT2D eigenvalue weighted by atomic mass is 19.2. The lowest BCUT2D eigenvalue weighted by Gasteiger charge is -2.18. The molecule has 0 fully saturated rings. The third-order valence-electron chi connectivity index (χ3n) is 5.64. The molecule has 0 aliphatic heterocycles. The second-order valence-corrected chi connectivity index (χ2v) is 7.94. The van der Waals surface area contributed by atoms with Crippen molar-refractivity contribution in [3.8, 4) is 22.6 Å². The molecule has 3 aromatic carbocycles. The number of benzene rings is 3. The molecule has 1 aromatic heterocycles. The van der Waals surface area contributed by atoms with Crippen LogP contribution in [0.1, 0.15) is 19.4 Å². The number of rotatable bonds is 10. The Balaban J connectivity index is 1.49. The van der Waals surface area contributed by atoms with Crippen LogP contribution in [-0.4, -0.2) is 37.9 Å². The molecule has 36 heavy (non-hydrogen) atoms. The van der Waals surface area contributed by atoms with Gasteiger partial charge in [-0.25, -0.2) is 8.78 Å². The summed E-state index contributed by atoms with van der Waals surface area (Å²) < 4.78 is 48.9. The predicted molar refractivity (Wildman–Crippen MR) is 131 cm³/mol. The van der Waals surface area contributed by atoms with Crippen LogP contribution in [-0.2, 0) is 16.1 Å². The largest absolute Gasteiger partial charge is 0.496 e. The van der Waals surface area contributed by atoms with Gasteiger partial charge >= 0.3 is 5.97 Å². The van der Waals surface area contributed by atoms with E-state index in [0.717, 1.165) is 23.1 Å². The number of aromatic nitrogens is 1. The maximum Gasteiger partial charge on any atom is 0.325 e. The minimum atomic E-state index is -0.966. The standard InChI is InChI=1S/C27H26F2N2O5/c1-4-31(15-26(32)34-5-2)27-21-12-17(6-11-24(21)36-30-27)16-35-19-9-7-18(8-10-19)20-13-22(28)23(29)14-25(20)33-3/h6-14H,4-5,15-16H2,1-3H3. The summed E-state index contributed by atoms with van der Waals surface area (Å²) in [5.74, 6) is -0.843. The first-order valence-electron chi connectivity index (χ1n) is 11.5. The Morgan fingerprint density at radius 3 is 2.47 bits per heavy atom. The molecule has 0 radical (unpaired) electrons. The second-order valence-electron chi connectivity index (χ2n) is 7.94. The number of hydrogen-bond acceptors (Lipinski definition) is 7. The van der Waals surface area contributed by atoms with Crippen LogP contribution in [0.2, 0.25) is 0 Å². The molecule has 0 bridgehead atoms. The first kappa shape index (κ1) is 25.0. The van der Waals surface area contributed by atoms with Crippen molar-refractivity contribution in [2.75, 3.05) is 31.7 Å². The number of esters is 1. The maximum absolute atomic E-state index is 13.8. The molecular formula is C27H26F2N2O5. The fourth-order valence-electron chi connectivity index (χ4n) is 3.81. The summed E-state index contributed by atoms with van der Waals surface area (Å²) in [6.45, 7) is 4.90. The first-order chi connectivity index (χ1) is 17.4. The summed E-state index contributed by atoms with van der Waals surface area (Å²) in [7, 11) is 1.40. The summed E-state index contributed by atoms with van der Waals surface area (Å²) in [4.78, 5) is 13.8. The first-order valence-corrected chi connectivity index (χ1v) is 11.5. The Hall–Kier alpha value is -4.14. The number of ether oxygens (including phenoxy) is 3. The Kier molecular flexibility index (Phi) is 7.68. The van der Waals surface area contributed by atoms with Crippen LogP contribution in [0.15, 0.2) is 59.1 Å². The van der Waals surface area contributed by atoms with Crippen molar-refractivity contribution in [1.82, 2.24) is 5.16 Å². The van der Waals surface area contributed by atoms with E-state index >= 15 is 0 Å². The molecule has 188 valence electrons. The topological polar surface area (TPSA) is 74.0 Å². The number of methoxy groups -OCH3 is 1. The number of halogens is 2. The number of anilines is 1. The van der Waals surface area contributed by atoms with Gasteiger partial charge in [-0.05, 0) is 55.3 Å². The molecular weight excluding hydrogens is 470 g/mol. The van der Waals surface area contributed by atoms with E-state index in [2.05, 4.69) is 5.16 Å². The third kappa shape index (κ3) is 5.40. The molecule has 0 saturated carbocycles. The Bertz CT molecular complexity index is 1350. The van der Waals surface area contributed by atoms with Crippen molar-refractivity contribution < 1.29 is 32.3 Å². The molecule has 1 heterocycles. The highest BCUT2D eigenvalue weighted by molar-refractivity contribution is 5.90. The average molecular weight is 497 g/mol. The molecule has 0 aliphatic rings. The number of fused-ring (bicyclic) bond motifs is 1. The van der Waals surface area contributed by atoms with Gasteiger partial charge in [0, 0.05) is 18.2 Å². The molecule has 0 aliphatic carbocycles. The maximum atomic E-state index is 13.8. The van der Waals surface area contributed by atoms with E-state index in [-0.39, 0.29) is 24.9 Å². The lowest BCUT2D eigenvalue weighted by atomic mass is 10.0. The van der Waals surface area contributed by atoms with E-state index in [1.54, 1.807) is 42.2 Å². The van der Waals surface area contributed by atoms with Crippen molar-refractivity contribution in [2.45, 2.75) is 20.5 Å². The summed E-state index contributed by atoms with van der Waals surface area (Å²) in [6.07, 6.45) is 0. The quantitative estimate of drug-likeness (QED) is 0.259. The molecule has 4 rings (SSSR count). The van der Waals surface area contributed by atoms with Crippen LogP contribution in [0.4, 0.5) is 14.6 Å². The van der Waals surface area contributed by atoms with Gasteiger partial charge in [0.25, 0.3) is 0 Å². The average Bonchev–Trinajstić information content (AvgIpc) is 3.31. The van der Waals surface area contributed by atoms with Crippen LogP contribution in [0.3, 0.4) is 0 Å². The lowest BCUT2D eigenvalue weighted by molar-refractivity contribution is -0.141. The minimum absolute atomic E-state index is 0.0712. The number of hydrogen-bond donors (Lipinski definition) is 0. The van der Waals surface area contributed by atoms with Gasteiger partial charge < -0.3 is 23.6 Å². The van der Waals surface area contributed by atoms with E-state index in [4.69, 9.17) is 18.7 Å². The van der Waals surface area contributed by atoms with Gasteiger partial charge in [0.15, 0.2) is 23.0 Å². The van der Waals surface area contributed by atoms with E-state index in [9.17, 15) is 13.6 Å². The van der Waals surface area contributed by atoms with Crippen LogP contribution >= 0.6 is 0 Å². The molecule has 0 spiro atoms. The van der Waals surface area contributed by atoms with Crippen LogP contribution in [0.5, 0.6) is 11.5 Å². The zero-order chi connectivity index (χ0) is 25.7. The zero-order valence-corrected chi connectivity index (χ0v) is 20.2. The fraction of sp³-hybridized carbons (Fsp3) is 0.259. The molecule has 0 N–H and O–H groups in total. The summed E-state index contributed by atoms with van der Waals surface area (Å²) in [5, 5.41) is 4.91. The van der Waals surface area contributed by atoms with Crippen molar-refractivity contribution in [3.63, 3.8) is 0 Å². The molecule has 0 unspecified atom stereocenters. The van der Waals surface area contributed by atoms with E-state index < -0.39 is 11.6 Å². The smallest absolute Gasteiger partial charge is 0.325 e. The van der Waals surface area contributed by atoms with Gasteiger partial charge in [-0.3, -0.25) is 4.79 Å². The highest BCUT2D eigenvalue weighted by Crippen LogP contribution is 2.33. The summed E-state index contributed by atoms with van der Waals surface area (Å²) in [6, 6.07) is 14.7. The van der Waals surface area contributed by atoms with Gasteiger partial charge in [0.1, 0.15) is 24.7 Å². The van der Waals surface area contributed by atoms with Crippen LogP contribution in [0, 0.1) is 11.6 Å². The van der Waals surface area contributed by atoms with E-state index in [1.165, 1.54) is 7.11 Å². The fourth-order valence-corrected chi connectivity index (χ4v) is 3.81. The molecule has 0 saturated heterocycles. The van der Waals surface area contributed by atoms with Gasteiger partial charge in [-0.15, -0.1) is 0 Å². The van der Waals surface area contributed by atoms with E-state index in [1.807, 2.05) is 19.1 Å². The molecule has 4 aromatic rings. The lowest BCUT2D eigenvalue weighted by Crippen LogP contribution is -2.31. The van der Waals surface area contributed by atoms with Gasteiger partial charge in [0.05, 0.1) is 19.1 Å². The monoisotopic (exact) mass is 496 g/mol. The summed E-state index contributed by atoms with van der Waals surface area (Å²) in [5.41, 5.74) is 2.58. The van der Waals surface area contributed by atoms with Crippen molar-refractivity contribution in [1.29, 1.82) is 0 Å². The minimum Gasteiger partial charge on any atom is -0.496 e.